The summed E-state index contributed by atoms with van der Waals surface area (Å²) in [5.74, 6) is 0.364. The van der Waals surface area contributed by atoms with Crippen LogP contribution in [0.2, 0.25) is 0 Å². The number of hydrogen-bond acceptors (Lipinski definition) is 4. The topological polar surface area (TPSA) is 78.4 Å². The summed E-state index contributed by atoms with van der Waals surface area (Å²) in [6.45, 7) is 5.53. The summed E-state index contributed by atoms with van der Waals surface area (Å²) in [7, 11) is 3.64. The van der Waals surface area contributed by atoms with Crippen molar-refractivity contribution >= 4 is 24.0 Å². The number of rotatable bonds is 4. The number of aromatic amines is 1. The normalized spacial score (nSPS) is 12.2. The zero-order chi connectivity index (χ0) is 15.3. The largest absolute Gasteiger partial charge is 0.369 e. The molecule has 0 saturated heterocycles. The lowest BCUT2D eigenvalue weighted by atomic mass is 9.90. The van der Waals surface area contributed by atoms with E-state index in [2.05, 4.69) is 15.0 Å². The third kappa shape index (κ3) is 4.79. The molecular formula is C14H20N4O2. The van der Waals surface area contributed by atoms with Gasteiger partial charge in [0.25, 0.3) is 0 Å². The highest BCUT2D eigenvalue weighted by molar-refractivity contribution is 5.97. The number of hydrogen-bond donors (Lipinski definition) is 1. The summed E-state index contributed by atoms with van der Waals surface area (Å²) >= 11 is 0. The average Bonchev–Trinajstić information content (AvgIpc) is 2.33. The molecule has 6 nitrogen and oxygen atoms in total. The Kier molecular flexibility index (Phi) is 4.96. The lowest BCUT2D eigenvalue weighted by molar-refractivity contribution is -0.121. The Bertz CT molecular complexity index is 592. The van der Waals surface area contributed by atoms with Crippen molar-refractivity contribution in [1.82, 2.24) is 14.9 Å². The van der Waals surface area contributed by atoms with E-state index in [0.717, 1.165) is 0 Å². The molecule has 0 fully saturated rings. The fraction of sp³-hybridized carbons (Fsp3) is 0.429. The van der Waals surface area contributed by atoms with Crippen LogP contribution in [0.4, 0.5) is 5.82 Å². The quantitative estimate of drug-likeness (QED) is 0.515. The first kappa shape index (κ1) is 15.8. The Morgan fingerprint density at radius 1 is 1.40 bits per heavy atom. The van der Waals surface area contributed by atoms with Crippen molar-refractivity contribution in [2.24, 2.45) is 10.4 Å². The van der Waals surface area contributed by atoms with Gasteiger partial charge in [-0.25, -0.2) is 14.8 Å². The van der Waals surface area contributed by atoms with Crippen LogP contribution in [0.5, 0.6) is 0 Å². The molecule has 1 rings (SSSR count). The molecule has 1 heterocycles. The van der Waals surface area contributed by atoms with Crippen LogP contribution in [-0.4, -0.2) is 41.1 Å². The maximum Gasteiger partial charge on any atom is 0.346 e. The van der Waals surface area contributed by atoms with Gasteiger partial charge in [-0.05, 0) is 12.2 Å². The number of H-pyrrole nitrogens is 1. The van der Waals surface area contributed by atoms with E-state index in [9.17, 15) is 9.59 Å². The minimum Gasteiger partial charge on any atom is -0.369 e. The molecule has 0 saturated carbocycles. The van der Waals surface area contributed by atoms with E-state index in [-0.39, 0.29) is 5.78 Å². The van der Waals surface area contributed by atoms with Crippen LogP contribution in [0.25, 0.3) is 6.08 Å². The molecule has 108 valence electrons. The minimum absolute atomic E-state index is 0.00811. The van der Waals surface area contributed by atoms with Crippen LogP contribution in [0, 0.1) is 5.41 Å². The number of aromatic nitrogens is 2. The molecule has 0 aromatic carbocycles. The van der Waals surface area contributed by atoms with Gasteiger partial charge >= 0.3 is 5.69 Å². The summed E-state index contributed by atoms with van der Waals surface area (Å²) in [5, 5.41) is 0. The molecule has 1 aromatic heterocycles. The summed E-state index contributed by atoms with van der Waals surface area (Å²) in [6.07, 6.45) is 6.05. The van der Waals surface area contributed by atoms with Gasteiger partial charge in [-0.15, -0.1) is 0 Å². The van der Waals surface area contributed by atoms with Crippen molar-refractivity contribution in [2.75, 3.05) is 14.1 Å². The zero-order valence-electron chi connectivity index (χ0n) is 12.5. The van der Waals surface area contributed by atoms with Gasteiger partial charge in [0.05, 0.1) is 6.34 Å². The Labute approximate surface area is 118 Å². The van der Waals surface area contributed by atoms with Crippen LogP contribution in [0.1, 0.15) is 26.3 Å². The van der Waals surface area contributed by atoms with Crippen LogP contribution >= 0.6 is 0 Å². The van der Waals surface area contributed by atoms with E-state index in [1.54, 1.807) is 17.3 Å². The van der Waals surface area contributed by atoms with Gasteiger partial charge in [0.15, 0.2) is 5.78 Å². The van der Waals surface area contributed by atoms with Crippen LogP contribution in [0.3, 0.4) is 0 Å². The predicted octanol–water partition coefficient (Wildman–Crippen LogP) is 1.62. The first-order valence-corrected chi connectivity index (χ1v) is 6.22. The fourth-order valence-electron chi connectivity index (χ4n) is 1.21. The summed E-state index contributed by atoms with van der Waals surface area (Å²) in [6, 6.07) is 0. The van der Waals surface area contributed by atoms with E-state index in [0.29, 0.717) is 11.4 Å². The second-order valence-corrected chi connectivity index (χ2v) is 5.65. The second-order valence-electron chi connectivity index (χ2n) is 5.65. The number of carbonyl (C=O) groups excluding carboxylic acids is 1. The third-order valence-electron chi connectivity index (χ3n) is 2.39. The van der Waals surface area contributed by atoms with E-state index >= 15 is 0 Å². The molecule has 1 aromatic rings. The van der Waals surface area contributed by atoms with Crippen molar-refractivity contribution < 1.29 is 4.79 Å². The Hall–Kier alpha value is -2.24. The Balaban J connectivity index is 3.10. The SMILES string of the molecule is CN(C)/C=N/c1[nH]c(=O)ncc1/C=C/C(=O)C(C)(C)C. The molecule has 1 N–H and O–H groups in total. The molecule has 0 aliphatic heterocycles. The molecule has 0 amide bonds. The Morgan fingerprint density at radius 2 is 2.05 bits per heavy atom. The number of allylic oxidation sites excluding steroid dienone is 1. The van der Waals surface area contributed by atoms with Crippen LogP contribution in [-0.2, 0) is 4.79 Å². The first-order valence-electron chi connectivity index (χ1n) is 6.22. The van der Waals surface area contributed by atoms with Crippen LogP contribution in [0.15, 0.2) is 22.1 Å². The van der Waals surface area contributed by atoms with Gasteiger partial charge in [0.1, 0.15) is 5.82 Å². The highest BCUT2D eigenvalue weighted by Crippen LogP contribution is 2.18. The van der Waals surface area contributed by atoms with Gasteiger partial charge in [0, 0.05) is 31.3 Å². The fourth-order valence-corrected chi connectivity index (χ4v) is 1.21. The van der Waals surface area contributed by atoms with Gasteiger partial charge in [-0.2, -0.15) is 0 Å². The number of nitrogens with zero attached hydrogens (tertiary/aromatic N) is 3. The molecule has 0 unspecified atom stereocenters. The predicted molar refractivity (Wildman–Crippen MR) is 80.2 cm³/mol. The van der Waals surface area contributed by atoms with Gasteiger partial charge in [0.2, 0.25) is 0 Å². The second kappa shape index (κ2) is 6.27. The van der Waals surface area contributed by atoms with E-state index in [1.807, 2.05) is 34.9 Å². The molecule has 0 radical (unpaired) electrons. The highest BCUT2D eigenvalue weighted by Gasteiger charge is 2.18. The van der Waals surface area contributed by atoms with E-state index < -0.39 is 11.1 Å². The lowest BCUT2D eigenvalue weighted by Gasteiger charge is -2.12. The molecule has 0 spiro atoms. The molecule has 0 aliphatic rings. The minimum atomic E-state index is -0.477. The molecule has 0 atom stereocenters. The van der Waals surface area contributed by atoms with E-state index in [4.69, 9.17) is 0 Å². The first-order chi connectivity index (χ1) is 9.20. The van der Waals surface area contributed by atoms with Gasteiger partial charge in [-0.1, -0.05) is 20.8 Å². The maximum atomic E-state index is 11.9. The number of aliphatic imine (C=N–C) groups is 1. The van der Waals surface area contributed by atoms with Crippen molar-refractivity contribution in [3.05, 3.63) is 28.3 Å². The summed E-state index contributed by atoms with van der Waals surface area (Å²) < 4.78 is 0. The number of carbonyl (C=O) groups is 1. The van der Waals surface area contributed by atoms with Crippen molar-refractivity contribution in [3.63, 3.8) is 0 Å². The molecular weight excluding hydrogens is 256 g/mol. The monoisotopic (exact) mass is 276 g/mol. The summed E-state index contributed by atoms with van der Waals surface area (Å²) in [5.41, 5.74) is -0.338. The van der Waals surface area contributed by atoms with Crippen LogP contribution < -0.4 is 5.69 Å². The average molecular weight is 276 g/mol. The maximum absolute atomic E-state index is 11.9. The highest BCUT2D eigenvalue weighted by atomic mass is 16.1. The molecule has 0 aliphatic carbocycles. The van der Waals surface area contributed by atoms with E-state index in [1.165, 1.54) is 12.3 Å². The number of nitrogens with one attached hydrogen (secondary N) is 1. The smallest absolute Gasteiger partial charge is 0.346 e. The molecule has 0 bridgehead atoms. The lowest BCUT2D eigenvalue weighted by Crippen LogP contribution is -2.17. The number of ketones is 1. The molecule has 20 heavy (non-hydrogen) atoms. The van der Waals surface area contributed by atoms with Crippen molar-refractivity contribution in [2.45, 2.75) is 20.8 Å². The summed E-state index contributed by atoms with van der Waals surface area (Å²) in [4.78, 5) is 35.2. The molecule has 6 heteroatoms. The Morgan fingerprint density at radius 3 is 2.60 bits per heavy atom. The van der Waals surface area contributed by atoms with Crippen molar-refractivity contribution in [3.8, 4) is 0 Å². The van der Waals surface area contributed by atoms with Crippen molar-refractivity contribution in [1.29, 1.82) is 0 Å². The van der Waals surface area contributed by atoms with Gasteiger partial charge in [-0.3, -0.25) is 9.78 Å². The zero-order valence-corrected chi connectivity index (χ0v) is 12.5. The standard InChI is InChI=1S/C14H20N4O2/c1-14(2,3)11(19)7-6-10-8-15-13(20)17-12(10)16-9-18(4)5/h6-9H,1-5H3,(H,15,17,20)/b7-6+,16-9+. The third-order valence-corrected chi connectivity index (χ3v) is 2.39. The van der Waals surface area contributed by atoms with Gasteiger partial charge < -0.3 is 4.90 Å².